The standard InChI is InChI=1S/C34H49NO10/c1-8-35-16-31(17-39-2)21(36)13-22(41-4)34-20-14-32(38)23(42-5)15-33(44-7,25(28(34)35)26(43-6)27(31)34)24(20)29(32)45-30(37)18-9-11-19(40-3)12-10-18/h9-12,20-29,36,38H,8,13-17H2,1-7H3/t20-,21?,22+,23+,24-,25+,26+,27-,28-,29-,31+,32-,33-,34+/m1/s1. The van der Waals surface area contributed by atoms with E-state index in [1.54, 1.807) is 66.9 Å². The molecule has 1 heterocycles. The first-order chi connectivity index (χ1) is 21.6. The fourth-order valence-electron chi connectivity index (χ4n) is 12.3. The zero-order valence-electron chi connectivity index (χ0n) is 27.4. The highest BCUT2D eigenvalue weighted by molar-refractivity contribution is 5.89. The van der Waals surface area contributed by atoms with Gasteiger partial charge in [-0.3, -0.25) is 4.90 Å². The van der Waals surface area contributed by atoms with Crippen LogP contribution in [-0.2, 0) is 28.4 Å². The molecule has 0 amide bonds. The van der Waals surface area contributed by atoms with Gasteiger partial charge in [0.05, 0.1) is 49.3 Å². The number of carbonyl (C=O) groups excluding carboxylic acids is 1. The van der Waals surface area contributed by atoms with Crippen LogP contribution in [-0.4, -0.2) is 131 Å². The Kier molecular flexibility index (Phi) is 7.66. The van der Waals surface area contributed by atoms with Crippen LogP contribution in [0.2, 0.25) is 0 Å². The molecule has 5 saturated carbocycles. The average Bonchev–Trinajstić information content (AvgIpc) is 3.42. The molecule has 14 atom stereocenters. The number of rotatable bonds is 10. The van der Waals surface area contributed by atoms with Crippen molar-refractivity contribution >= 4 is 5.97 Å². The minimum Gasteiger partial charge on any atom is -0.497 e. The Bertz CT molecular complexity index is 1300. The highest BCUT2D eigenvalue weighted by atomic mass is 16.6. The fraction of sp³-hybridized carbons (Fsp3) is 0.794. The van der Waals surface area contributed by atoms with E-state index in [0.717, 1.165) is 6.54 Å². The molecule has 7 rings (SSSR count). The van der Waals surface area contributed by atoms with E-state index < -0.39 is 46.3 Å². The molecule has 2 N–H and O–H groups in total. The number of carbonyl (C=O) groups is 1. The molecule has 7 bridgehead atoms. The third kappa shape index (κ3) is 3.67. The predicted octanol–water partition coefficient (Wildman–Crippen LogP) is 1.77. The number of hydrogen-bond donors (Lipinski definition) is 2. The molecule has 1 saturated heterocycles. The van der Waals surface area contributed by atoms with Crippen molar-refractivity contribution in [3.05, 3.63) is 29.8 Å². The quantitative estimate of drug-likeness (QED) is 0.367. The number of likely N-dealkylation sites (tertiary alicyclic amines) is 1. The van der Waals surface area contributed by atoms with Gasteiger partial charge in [0.25, 0.3) is 0 Å². The molecule has 1 spiro atoms. The van der Waals surface area contributed by atoms with E-state index in [4.69, 9.17) is 33.2 Å². The maximum Gasteiger partial charge on any atom is 0.338 e. The first-order valence-corrected chi connectivity index (χ1v) is 16.2. The Hall–Kier alpha value is -1.83. The summed E-state index contributed by atoms with van der Waals surface area (Å²) in [7, 11) is 10.1. The topological polar surface area (TPSA) is 125 Å². The second kappa shape index (κ2) is 10.8. The van der Waals surface area contributed by atoms with Crippen LogP contribution in [0.25, 0.3) is 0 Å². The van der Waals surface area contributed by atoms with Crippen molar-refractivity contribution in [2.24, 2.45) is 34.5 Å². The van der Waals surface area contributed by atoms with Gasteiger partial charge in [0.1, 0.15) is 17.5 Å². The van der Waals surface area contributed by atoms with Crippen LogP contribution in [0.4, 0.5) is 0 Å². The molecule has 1 aromatic rings. The summed E-state index contributed by atoms with van der Waals surface area (Å²) in [6.07, 6.45) is -1.65. The maximum absolute atomic E-state index is 13.8. The average molecular weight is 632 g/mol. The SMILES string of the molecule is CCN1C[C@]2(COC)C(O)C[C@H](OC)[C@@]34[C@@H]5C[C@@]6(O)[C@@H](OC)C[C@@](OC)([C@H]5[C@H]6OC(=O)c5ccc(OC)cc5)[C@@H]([C@H](OC)[C@H]23)[C@@H]14. The third-order valence-electron chi connectivity index (χ3n) is 13.5. The van der Waals surface area contributed by atoms with Gasteiger partial charge in [0.2, 0.25) is 0 Å². The molecule has 45 heavy (non-hydrogen) atoms. The molecule has 1 aromatic carbocycles. The van der Waals surface area contributed by atoms with Crippen LogP contribution in [0.5, 0.6) is 5.75 Å². The molecule has 0 radical (unpaired) electrons. The largest absolute Gasteiger partial charge is 0.497 e. The van der Waals surface area contributed by atoms with Gasteiger partial charge in [-0.15, -0.1) is 0 Å². The summed E-state index contributed by atoms with van der Waals surface area (Å²) in [5.41, 5.74) is -3.12. The van der Waals surface area contributed by atoms with Crippen molar-refractivity contribution in [2.45, 2.75) is 73.9 Å². The summed E-state index contributed by atoms with van der Waals surface area (Å²) in [4.78, 5) is 16.3. The van der Waals surface area contributed by atoms with Crippen molar-refractivity contribution in [3.8, 4) is 5.75 Å². The van der Waals surface area contributed by atoms with E-state index in [9.17, 15) is 15.0 Å². The van der Waals surface area contributed by atoms with Crippen LogP contribution in [0.15, 0.2) is 24.3 Å². The van der Waals surface area contributed by atoms with Crippen molar-refractivity contribution < 1.29 is 48.2 Å². The lowest BCUT2D eigenvalue weighted by molar-refractivity contribution is -0.302. The lowest BCUT2D eigenvalue weighted by atomic mass is 9.42. The molecule has 6 aliphatic rings. The van der Waals surface area contributed by atoms with Crippen molar-refractivity contribution in [1.82, 2.24) is 4.90 Å². The highest BCUT2D eigenvalue weighted by Crippen LogP contribution is 2.80. The summed E-state index contributed by atoms with van der Waals surface area (Å²) in [6, 6.07) is 6.77. The first kappa shape index (κ1) is 31.8. The van der Waals surface area contributed by atoms with Crippen molar-refractivity contribution in [3.63, 3.8) is 0 Å². The smallest absolute Gasteiger partial charge is 0.338 e. The number of piperidine rings is 1. The van der Waals surface area contributed by atoms with Gasteiger partial charge in [-0.1, -0.05) is 6.92 Å². The van der Waals surface area contributed by atoms with E-state index in [0.29, 0.717) is 43.7 Å². The Morgan fingerprint density at radius 3 is 2.27 bits per heavy atom. The summed E-state index contributed by atoms with van der Waals surface area (Å²) in [6.45, 7) is 3.94. The third-order valence-corrected chi connectivity index (χ3v) is 13.5. The molecule has 6 fully saturated rings. The highest BCUT2D eigenvalue weighted by Gasteiger charge is 2.90. The molecule has 250 valence electrons. The van der Waals surface area contributed by atoms with E-state index in [1.807, 2.05) is 0 Å². The second-order valence-electron chi connectivity index (χ2n) is 14.3. The summed E-state index contributed by atoms with van der Waals surface area (Å²) in [5, 5.41) is 24.8. The van der Waals surface area contributed by atoms with Crippen LogP contribution in [0.1, 0.15) is 36.5 Å². The number of esters is 1. The first-order valence-electron chi connectivity index (χ1n) is 16.2. The number of fused-ring (bicyclic) bond motifs is 2. The Morgan fingerprint density at radius 1 is 0.978 bits per heavy atom. The zero-order valence-corrected chi connectivity index (χ0v) is 27.4. The van der Waals surface area contributed by atoms with Gasteiger partial charge in [-0.05, 0) is 43.1 Å². The van der Waals surface area contributed by atoms with Gasteiger partial charge in [-0.2, -0.15) is 0 Å². The number of aliphatic hydroxyl groups excluding tert-OH is 1. The van der Waals surface area contributed by atoms with Crippen molar-refractivity contribution in [2.75, 3.05) is 62.4 Å². The van der Waals surface area contributed by atoms with Gasteiger partial charge in [0, 0.05) is 89.6 Å². The summed E-state index contributed by atoms with van der Waals surface area (Å²) < 4.78 is 43.5. The van der Waals surface area contributed by atoms with Gasteiger partial charge < -0.3 is 43.4 Å². The molecule has 11 heteroatoms. The molecule has 1 aliphatic heterocycles. The van der Waals surface area contributed by atoms with Crippen LogP contribution >= 0.6 is 0 Å². The zero-order chi connectivity index (χ0) is 32.1. The lowest BCUT2D eigenvalue weighted by Gasteiger charge is -2.70. The van der Waals surface area contributed by atoms with E-state index in [-0.39, 0.29) is 41.9 Å². The normalized spacial score (nSPS) is 49.2. The predicted molar refractivity (Wildman–Crippen MR) is 161 cm³/mol. The Balaban J connectivity index is 1.44. The molecular weight excluding hydrogens is 582 g/mol. The Labute approximate surface area is 265 Å². The molecule has 5 aliphatic carbocycles. The number of methoxy groups -OCH3 is 6. The van der Waals surface area contributed by atoms with Gasteiger partial charge in [0.15, 0.2) is 0 Å². The van der Waals surface area contributed by atoms with Crippen LogP contribution in [0, 0.1) is 34.5 Å². The summed E-state index contributed by atoms with van der Waals surface area (Å²) in [5.74, 6) is -0.768. The number of ether oxygens (including phenoxy) is 7. The second-order valence-corrected chi connectivity index (χ2v) is 14.3. The molecule has 11 nitrogen and oxygen atoms in total. The molecule has 0 aromatic heterocycles. The van der Waals surface area contributed by atoms with Crippen LogP contribution < -0.4 is 4.74 Å². The molecule has 1 unspecified atom stereocenters. The maximum atomic E-state index is 13.8. The van der Waals surface area contributed by atoms with Gasteiger partial charge in [-0.25, -0.2) is 4.79 Å². The lowest BCUT2D eigenvalue weighted by Crippen LogP contribution is -2.79. The van der Waals surface area contributed by atoms with E-state index in [2.05, 4.69) is 11.8 Å². The molecular formula is C34H49NO10. The fourth-order valence-corrected chi connectivity index (χ4v) is 12.3. The summed E-state index contributed by atoms with van der Waals surface area (Å²) >= 11 is 0. The minimum absolute atomic E-state index is 0.0167. The number of aliphatic hydroxyl groups is 2. The Morgan fingerprint density at radius 2 is 1.69 bits per heavy atom. The number of hydrogen-bond acceptors (Lipinski definition) is 11. The van der Waals surface area contributed by atoms with E-state index in [1.165, 1.54) is 0 Å². The number of benzene rings is 1. The van der Waals surface area contributed by atoms with E-state index >= 15 is 0 Å². The monoisotopic (exact) mass is 631 g/mol. The van der Waals surface area contributed by atoms with Crippen LogP contribution in [0.3, 0.4) is 0 Å². The number of nitrogens with zero attached hydrogens (tertiary/aromatic N) is 1. The van der Waals surface area contributed by atoms with Crippen molar-refractivity contribution in [1.29, 1.82) is 0 Å². The van der Waals surface area contributed by atoms with Gasteiger partial charge >= 0.3 is 5.97 Å². The minimum atomic E-state index is -1.46.